The summed E-state index contributed by atoms with van der Waals surface area (Å²) in [5.41, 5.74) is 0. The Balaban J connectivity index is 0. The summed E-state index contributed by atoms with van der Waals surface area (Å²) in [6, 6.07) is 0. The maximum Gasteiger partial charge on any atom is 1.00 e. The van der Waals surface area contributed by atoms with Gasteiger partial charge in [0.15, 0.2) is 0 Å². The minimum Gasteiger partial charge on any atom is -0.550 e. The van der Waals surface area contributed by atoms with Crippen LogP contribution in [0.1, 0.15) is 27.2 Å². The molecule has 2 atom stereocenters. The molecule has 0 radical (unpaired) electrons. The Labute approximate surface area is 84.3 Å². The van der Waals surface area contributed by atoms with Crippen LogP contribution in [0.2, 0.25) is 0 Å². The zero-order chi connectivity index (χ0) is 7.44. The van der Waals surface area contributed by atoms with Gasteiger partial charge in [0.2, 0.25) is 0 Å². The predicted molar refractivity (Wildman–Crippen MR) is 33.6 cm³/mol. The summed E-state index contributed by atoms with van der Waals surface area (Å²) in [5, 5.41) is 10.2. The second-order valence-corrected chi connectivity index (χ2v) is 2.49. The predicted octanol–water partition coefficient (Wildman–Crippen LogP) is -2.58. The summed E-state index contributed by atoms with van der Waals surface area (Å²) in [4.78, 5) is 10.2. The topological polar surface area (TPSA) is 40.1 Å². The molecule has 0 aromatic heterocycles. The van der Waals surface area contributed by atoms with E-state index in [0.717, 1.165) is 6.42 Å². The maximum atomic E-state index is 10.2. The summed E-state index contributed by atoms with van der Waals surface area (Å²) >= 11 is 0. The normalized spacial score (nSPS) is 15.1. The second-order valence-electron chi connectivity index (χ2n) is 2.49. The van der Waals surface area contributed by atoms with Gasteiger partial charge in [-0.25, -0.2) is 0 Å². The van der Waals surface area contributed by atoms with Gasteiger partial charge in [0, 0.05) is 5.97 Å². The molecule has 0 aromatic carbocycles. The minimum atomic E-state index is -0.940. The SMILES string of the molecule is CCC(C)C(C)C(=O)[O-].[Na+]. The molecule has 0 saturated carbocycles. The van der Waals surface area contributed by atoms with Crippen LogP contribution >= 0.6 is 0 Å². The molecule has 0 N–H and O–H groups in total. The Morgan fingerprint density at radius 1 is 1.50 bits per heavy atom. The van der Waals surface area contributed by atoms with E-state index in [1.165, 1.54) is 0 Å². The van der Waals surface area contributed by atoms with Crippen molar-refractivity contribution in [2.24, 2.45) is 11.8 Å². The van der Waals surface area contributed by atoms with E-state index in [0.29, 0.717) is 0 Å². The number of carbonyl (C=O) groups excluding carboxylic acids is 1. The fourth-order valence-electron chi connectivity index (χ4n) is 0.586. The molecule has 0 aliphatic heterocycles. The molecule has 0 heterocycles. The molecule has 0 aromatic rings. The molecule has 3 heteroatoms. The number of aliphatic carboxylic acids is 1. The first kappa shape index (κ1) is 13.1. The molecule has 2 unspecified atom stereocenters. The van der Waals surface area contributed by atoms with E-state index in [1.807, 2.05) is 13.8 Å². The first-order valence-electron chi connectivity index (χ1n) is 3.30. The molecule has 10 heavy (non-hydrogen) atoms. The van der Waals surface area contributed by atoms with E-state index in [2.05, 4.69) is 0 Å². The third kappa shape index (κ3) is 4.31. The van der Waals surface area contributed by atoms with Crippen molar-refractivity contribution in [1.82, 2.24) is 0 Å². The number of hydrogen-bond donors (Lipinski definition) is 0. The zero-order valence-corrected chi connectivity index (χ0v) is 9.18. The average molecular weight is 152 g/mol. The fourth-order valence-corrected chi connectivity index (χ4v) is 0.586. The fraction of sp³-hybridized carbons (Fsp3) is 0.857. The van der Waals surface area contributed by atoms with Gasteiger partial charge >= 0.3 is 29.6 Å². The van der Waals surface area contributed by atoms with Crippen LogP contribution in [0.15, 0.2) is 0 Å². The summed E-state index contributed by atoms with van der Waals surface area (Å²) in [6.45, 7) is 5.58. The first-order chi connectivity index (χ1) is 4.09. The summed E-state index contributed by atoms with van der Waals surface area (Å²) < 4.78 is 0. The van der Waals surface area contributed by atoms with Crippen molar-refractivity contribution in [2.75, 3.05) is 0 Å². The van der Waals surface area contributed by atoms with Crippen molar-refractivity contribution in [3.8, 4) is 0 Å². The summed E-state index contributed by atoms with van der Waals surface area (Å²) in [7, 11) is 0. The summed E-state index contributed by atoms with van der Waals surface area (Å²) in [5.74, 6) is -1.02. The number of carboxylic acid groups (broad SMARTS) is 1. The Morgan fingerprint density at radius 3 is 2.00 bits per heavy atom. The second kappa shape index (κ2) is 6.20. The van der Waals surface area contributed by atoms with Gasteiger partial charge < -0.3 is 9.90 Å². The van der Waals surface area contributed by atoms with Gasteiger partial charge in [-0.2, -0.15) is 0 Å². The van der Waals surface area contributed by atoms with Gasteiger partial charge in [0.05, 0.1) is 0 Å². The molecule has 0 rings (SSSR count). The Morgan fingerprint density at radius 2 is 1.90 bits per heavy atom. The average Bonchev–Trinajstić information content (AvgIpc) is 1.84. The van der Waals surface area contributed by atoms with Crippen LogP contribution in [0.5, 0.6) is 0 Å². The largest absolute Gasteiger partial charge is 1.00 e. The van der Waals surface area contributed by atoms with Gasteiger partial charge in [-0.3, -0.25) is 0 Å². The van der Waals surface area contributed by atoms with E-state index < -0.39 is 5.97 Å². The van der Waals surface area contributed by atoms with Crippen molar-refractivity contribution >= 4 is 5.97 Å². The number of hydrogen-bond acceptors (Lipinski definition) is 2. The van der Waals surface area contributed by atoms with Gasteiger partial charge in [0.25, 0.3) is 0 Å². The molecule has 0 aliphatic rings. The molecule has 0 bridgehead atoms. The van der Waals surface area contributed by atoms with Crippen LogP contribution in [0, 0.1) is 11.8 Å². The number of carbonyl (C=O) groups is 1. The van der Waals surface area contributed by atoms with Crippen LogP contribution in [-0.4, -0.2) is 5.97 Å². The molecule has 0 saturated heterocycles. The third-order valence-corrected chi connectivity index (χ3v) is 1.87. The standard InChI is InChI=1S/C7H14O2.Na/c1-4-5(2)6(3)7(8)9;/h5-6H,4H2,1-3H3,(H,8,9);/q;+1/p-1. The molecule has 0 fully saturated rings. The van der Waals surface area contributed by atoms with Crippen molar-refractivity contribution in [2.45, 2.75) is 27.2 Å². The van der Waals surface area contributed by atoms with Crippen molar-refractivity contribution in [3.63, 3.8) is 0 Å². The van der Waals surface area contributed by atoms with Crippen molar-refractivity contribution < 1.29 is 39.5 Å². The quantitative estimate of drug-likeness (QED) is 0.417. The molecular formula is C7H13NaO2. The van der Waals surface area contributed by atoms with E-state index in [9.17, 15) is 9.90 Å². The zero-order valence-electron chi connectivity index (χ0n) is 7.18. The molecular weight excluding hydrogens is 139 g/mol. The van der Waals surface area contributed by atoms with Gasteiger partial charge in [0.1, 0.15) is 0 Å². The maximum absolute atomic E-state index is 10.2. The Hall–Kier alpha value is 0.470. The number of rotatable bonds is 3. The van der Waals surface area contributed by atoms with Crippen LogP contribution in [0.4, 0.5) is 0 Å². The molecule has 54 valence electrons. The molecule has 0 aliphatic carbocycles. The van der Waals surface area contributed by atoms with E-state index >= 15 is 0 Å². The Bertz CT molecular complexity index is 104. The smallest absolute Gasteiger partial charge is 0.550 e. The van der Waals surface area contributed by atoms with Gasteiger partial charge in [-0.15, -0.1) is 0 Å². The Kier molecular flexibility index (Phi) is 8.11. The minimum absolute atomic E-state index is 0. The van der Waals surface area contributed by atoms with E-state index in [4.69, 9.17) is 0 Å². The summed E-state index contributed by atoms with van der Waals surface area (Å²) in [6.07, 6.45) is 0.898. The van der Waals surface area contributed by atoms with E-state index in [1.54, 1.807) is 6.92 Å². The van der Waals surface area contributed by atoms with Crippen LogP contribution < -0.4 is 34.7 Å². The van der Waals surface area contributed by atoms with Crippen LogP contribution in [0.3, 0.4) is 0 Å². The molecule has 2 nitrogen and oxygen atoms in total. The van der Waals surface area contributed by atoms with Crippen molar-refractivity contribution in [3.05, 3.63) is 0 Å². The van der Waals surface area contributed by atoms with Gasteiger partial charge in [-0.05, 0) is 11.8 Å². The van der Waals surface area contributed by atoms with Gasteiger partial charge in [-0.1, -0.05) is 27.2 Å². The van der Waals surface area contributed by atoms with E-state index in [-0.39, 0.29) is 41.4 Å². The van der Waals surface area contributed by atoms with Crippen LogP contribution in [-0.2, 0) is 4.79 Å². The monoisotopic (exact) mass is 152 g/mol. The molecule has 0 amide bonds. The third-order valence-electron chi connectivity index (χ3n) is 1.87. The molecule has 0 spiro atoms. The van der Waals surface area contributed by atoms with Crippen LogP contribution in [0.25, 0.3) is 0 Å². The first-order valence-corrected chi connectivity index (χ1v) is 3.30. The van der Waals surface area contributed by atoms with Crippen molar-refractivity contribution in [1.29, 1.82) is 0 Å². The number of carboxylic acids is 1.